The molecule has 2 N–H and O–H groups in total. The molecule has 0 saturated heterocycles. The van der Waals surface area contributed by atoms with Gasteiger partial charge in [0.1, 0.15) is 6.54 Å². The number of anilines is 1. The zero-order chi connectivity index (χ0) is 23.8. The van der Waals surface area contributed by atoms with Crippen molar-refractivity contribution in [3.05, 3.63) is 47.5 Å². The van der Waals surface area contributed by atoms with E-state index in [1.54, 1.807) is 0 Å². The Morgan fingerprint density at radius 3 is 2.33 bits per heavy atom. The number of sulfonamides is 1. The second-order valence-electron chi connectivity index (χ2n) is 7.35. The molecule has 1 heterocycles. The number of para-hydroxylation sites is 1. The molecule has 33 heavy (non-hydrogen) atoms. The predicted octanol–water partition coefficient (Wildman–Crippen LogP) is 2.43. The minimum absolute atomic E-state index is 0.0689. The first kappa shape index (κ1) is 24.5. The number of hydrogen-bond donors (Lipinski definition) is 2. The van der Waals surface area contributed by atoms with E-state index in [4.69, 9.17) is 14.2 Å². The van der Waals surface area contributed by atoms with Crippen molar-refractivity contribution in [1.82, 2.24) is 4.72 Å². The third-order valence-corrected chi connectivity index (χ3v) is 6.46. The van der Waals surface area contributed by atoms with E-state index in [-0.39, 0.29) is 4.90 Å². The van der Waals surface area contributed by atoms with Crippen LogP contribution >= 0.6 is 0 Å². The lowest BCUT2D eigenvalue weighted by atomic mass is 10.0. The highest BCUT2D eigenvalue weighted by Crippen LogP contribution is 2.31. The number of fused-ring (bicyclic) bond motifs is 1. The lowest BCUT2D eigenvalue weighted by Gasteiger charge is -2.14. The van der Waals surface area contributed by atoms with Crippen molar-refractivity contribution in [3.8, 4) is 11.5 Å². The molecule has 0 unspecified atom stereocenters. The summed E-state index contributed by atoms with van der Waals surface area (Å²) in [6, 6.07) is 10.0. The summed E-state index contributed by atoms with van der Waals surface area (Å²) >= 11 is 0. The lowest BCUT2D eigenvalue weighted by Crippen LogP contribution is -2.32. The number of hydrogen-bond acceptors (Lipinski definition) is 7. The monoisotopic (exact) mass is 476 g/mol. The minimum Gasteiger partial charge on any atom is -0.490 e. The van der Waals surface area contributed by atoms with Crippen molar-refractivity contribution in [2.45, 2.75) is 38.0 Å². The Bertz CT molecular complexity index is 1090. The summed E-state index contributed by atoms with van der Waals surface area (Å²) in [5, 5.41) is 2.79. The van der Waals surface area contributed by atoms with E-state index in [1.807, 2.05) is 32.0 Å². The fourth-order valence-corrected chi connectivity index (χ4v) is 4.31. The maximum absolute atomic E-state index is 12.5. The average molecular weight is 477 g/mol. The largest absolute Gasteiger partial charge is 0.490 e. The summed E-state index contributed by atoms with van der Waals surface area (Å²) in [6.07, 6.45) is 2.17. The van der Waals surface area contributed by atoms with Crippen LogP contribution in [-0.2, 0) is 37.2 Å². The Hall–Kier alpha value is -3.11. The van der Waals surface area contributed by atoms with Gasteiger partial charge in [-0.1, -0.05) is 32.0 Å². The molecule has 1 aliphatic heterocycles. The third-order valence-electron chi connectivity index (χ3n) is 5.06. The molecule has 178 valence electrons. The van der Waals surface area contributed by atoms with Crippen LogP contribution in [0.1, 0.15) is 31.4 Å². The first-order chi connectivity index (χ1) is 15.8. The van der Waals surface area contributed by atoms with Crippen molar-refractivity contribution in [2.24, 2.45) is 0 Å². The fourth-order valence-electron chi connectivity index (χ4n) is 3.32. The van der Waals surface area contributed by atoms with Gasteiger partial charge in [-0.25, -0.2) is 8.42 Å². The molecule has 1 amide bonds. The van der Waals surface area contributed by atoms with Crippen LogP contribution in [0.2, 0.25) is 0 Å². The molecule has 9 nitrogen and oxygen atoms in total. The summed E-state index contributed by atoms with van der Waals surface area (Å²) < 4.78 is 43.2. The second kappa shape index (κ2) is 11.2. The SMILES string of the molecule is CCc1cccc(CC)c1NC(=O)COC(=O)CNS(=O)(=O)c1ccc2c(c1)OCCCO2. The standard InChI is InChI=1S/C23H28N2O7S/c1-3-16-7-5-8-17(4-2)23(16)25-21(26)15-32-22(27)14-24-33(28,29)18-9-10-19-20(13-18)31-12-6-11-30-19/h5,7-10,13,24H,3-4,6,11-12,14-15H2,1-2H3,(H,25,26). The van der Waals surface area contributed by atoms with Crippen molar-refractivity contribution >= 4 is 27.6 Å². The fraction of sp³-hybridized carbons (Fsp3) is 0.391. The van der Waals surface area contributed by atoms with Crippen LogP contribution in [-0.4, -0.2) is 46.7 Å². The number of amides is 1. The molecule has 1 aliphatic rings. The van der Waals surface area contributed by atoms with E-state index in [0.29, 0.717) is 31.1 Å². The molecular formula is C23H28N2O7S. The topological polar surface area (TPSA) is 120 Å². The van der Waals surface area contributed by atoms with Crippen LogP contribution in [0.25, 0.3) is 0 Å². The van der Waals surface area contributed by atoms with E-state index in [1.165, 1.54) is 18.2 Å². The van der Waals surface area contributed by atoms with Gasteiger partial charge >= 0.3 is 5.97 Å². The van der Waals surface area contributed by atoms with Crippen molar-refractivity contribution in [1.29, 1.82) is 0 Å². The number of ether oxygens (including phenoxy) is 3. The molecule has 0 saturated carbocycles. The van der Waals surface area contributed by atoms with Gasteiger partial charge in [0.25, 0.3) is 5.91 Å². The summed E-state index contributed by atoms with van der Waals surface area (Å²) in [7, 11) is -3.99. The van der Waals surface area contributed by atoms with Crippen LogP contribution in [0.4, 0.5) is 5.69 Å². The highest BCUT2D eigenvalue weighted by molar-refractivity contribution is 7.89. The van der Waals surface area contributed by atoms with Gasteiger partial charge in [-0.3, -0.25) is 9.59 Å². The quantitative estimate of drug-likeness (QED) is 0.534. The maximum Gasteiger partial charge on any atom is 0.321 e. The molecule has 0 radical (unpaired) electrons. The molecule has 0 atom stereocenters. The van der Waals surface area contributed by atoms with E-state index >= 15 is 0 Å². The number of esters is 1. The van der Waals surface area contributed by atoms with E-state index in [2.05, 4.69) is 10.0 Å². The molecular weight excluding hydrogens is 448 g/mol. The Labute approximate surface area is 193 Å². The number of carbonyl (C=O) groups is 2. The molecule has 10 heteroatoms. The average Bonchev–Trinajstić information content (AvgIpc) is 3.06. The molecule has 0 bridgehead atoms. The molecule has 0 aliphatic carbocycles. The number of nitrogens with one attached hydrogen (secondary N) is 2. The highest BCUT2D eigenvalue weighted by Gasteiger charge is 2.20. The highest BCUT2D eigenvalue weighted by atomic mass is 32.2. The Morgan fingerprint density at radius 1 is 1.00 bits per heavy atom. The minimum atomic E-state index is -3.99. The summed E-state index contributed by atoms with van der Waals surface area (Å²) in [6.45, 7) is 3.74. The van der Waals surface area contributed by atoms with E-state index in [9.17, 15) is 18.0 Å². The van der Waals surface area contributed by atoms with Crippen molar-refractivity contribution < 1.29 is 32.2 Å². The molecule has 0 fully saturated rings. The molecule has 0 spiro atoms. The Kier molecular flexibility index (Phi) is 8.29. The zero-order valence-corrected chi connectivity index (χ0v) is 19.5. The molecule has 2 aromatic rings. The van der Waals surface area contributed by atoms with Crippen LogP contribution < -0.4 is 19.5 Å². The predicted molar refractivity (Wildman–Crippen MR) is 122 cm³/mol. The third kappa shape index (κ3) is 6.45. The van der Waals surface area contributed by atoms with Crippen LogP contribution in [0.3, 0.4) is 0 Å². The van der Waals surface area contributed by atoms with Crippen LogP contribution in [0.5, 0.6) is 11.5 Å². The van der Waals surface area contributed by atoms with E-state index < -0.39 is 35.1 Å². The van der Waals surface area contributed by atoms with E-state index in [0.717, 1.165) is 29.7 Å². The van der Waals surface area contributed by atoms with Gasteiger partial charge in [0.15, 0.2) is 18.1 Å². The van der Waals surface area contributed by atoms with Crippen LogP contribution in [0.15, 0.2) is 41.3 Å². The number of rotatable bonds is 9. The van der Waals surface area contributed by atoms with Gasteiger partial charge in [0, 0.05) is 18.2 Å². The Balaban J connectivity index is 1.53. The van der Waals surface area contributed by atoms with Crippen LogP contribution in [0, 0.1) is 0 Å². The van der Waals surface area contributed by atoms with Gasteiger partial charge in [-0.2, -0.15) is 4.72 Å². The number of aryl methyl sites for hydroxylation is 2. The summed E-state index contributed by atoms with van der Waals surface area (Å²) in [4.78, 5) is 24.2. The maximum atomic E-state index is 12.5. The van der Waals surface area contributed by atoms with Gasteiger partial charge in [0.05, 0.1) is 18.1 Å². The summed E-state index contributed by atoms with van der Waals surface area (Å²) in [5.74, 6) is -0.576. The normalized spacial score (nSPS) is 13.2. The molecule has 2 aromatic carbocycles. The smallest absolute Gasteiger partial charge is 0.321 e. The van der Waals surface area contributed by atoms with Gasteiger partial charge < -0.3 is 19.5 Å². The first-order valence-corrected chi connectivity index (χ1v) is 12.3. The van der Waals surface area contributed by atoms with Crippen molar-refractivity contribution in [2.75, 3.05) is 31.7 Å². The number of carbonyl (C=O) groups excluding carboxylic acids is 2. The second-order valence-corrected chi connectivity index (χ2v) is 9.12. The Morgan fingerprint density at radius 2 is 1.67 bits per heavy atom. The molecule has 0 aromatic heterocycles. The van der Waals surface area contributed by atoms with Gasteiger partial charge in [0.2, 0.25) is 10.0 Å². The summed E-state index contributed by atoms with van der Waals surface area (Å²) in [5.41, 5.74) is 2.69. The zero-order valence-electron chi connectivity index (χ0n) is 18.7. The van der Waals surface area contributed by atoms with Gasteiger partial charge in [-0.05, 0) is 36.1 Å². The first-order valence-electron chi connectivity index (χ1n) is 10.8. The molecule has 3 rings (SSSR count). The van der Waals surface area contributed by atoms with Crippen molar-refractivity contribution in [3.63, 3.8) is 0 Å². The lowest BCUT2D eigenvalue weighted by molar-refractivity contribution is -0.146. The number of benzene rings is 2. The van der Waals surface area contributed by atoms with Gasteiger partial charge in [-0.15, -0.1) is 0 Å².